The van der Waals surface area contributed by atoms with Crippen molar-refractivity contribution in [3.63, 3.8) is 0 Å². The molecule has 0 aliphatic carbocycles. The van der Waals surface area contributed by atoms with E-state index in [1.54, 1.807) is 6.07 Å². The summed E-state index contributed by atoms with van der Waals surface area (Å²) >= 11 is 2.99. The van der Waals surface area contributed by atoms with Crippen molar-refractivity contribution in [3.05, 3.63) is 22.4 Å². The largest absolute Gasteiger partial charge is 0.506 e. The number of anilines is 1. The van der Waals surface area contributed by atoms with Crippen molar-refractivity contribution in [2.75, 3.05) is 5.43 Å². The Hall–Kier alpha value is -2.14. The second kappa shape index (κ2) is 5.27. The Bertz CT molecular complexity index is 514. The summed E-state index contributed by atoms with van der Waals surface area (Å²) in [6, 6.07) is 3.91. The van der Waals surface area contributed by atoms with E-state index in [2.05, 4.69) is 26.5 Å². The number of nitrogens with zero attached hydrogens (tertiary/aromatic N) is 2. The van der Waals surface area contributed by atoms with E-state index in [0.717, 1.165) is 6.07 Å². The third-order valence-electron chi connectivity index (χ3n) is 1.67. The van der Waals surface area contributed by atoms with E-state index >= 15 is 0 Å². The summed E-state index contributed by atoms with van der Waals surface area (Å²) in [5, 5.41) is 28.4. The maximum absolute atomic E-state index is 13.4. The zero-order chi connectivity index (χ0) is 13.0. The van der Waals surface area contributed by atoms with E-state index in [1.807, 2.05) is 0 Å². The lowest BCUT2D eigenvalue weighted by Gasteiger charge is -2.06. The lowest BCUT2D eigenvalue weighted by Crippen LogP contribution is -2.22. The second-order valence-corrected chi connectivity index (χ2v) is 3.80. The number of nitriles is 1. The Labute approximate surface area is 104 Å². The quantitative estimate of drug-likeness (QED) is 0.293. The Balaban J connectivity index is 3.05. The van der Waals surface area contributed by atoms with E-state index in [1.165, 1.54) is 6.07 Å². The van der Waals surface area contributed by atoms with E-state index in [9.17, 15) is 9.50 Å². The fraction of sp³-hybridized carbons (Fsp3) is 0. The number of rotatable bonds is 3. The number of hydrogen-bond acceptors (Lipinski definition) is 5. The van der Waals surface area contributed by atoms with Crippen molar-refractivity contribution in [2.45, 2.75) is 0 Å². The first-order valence-electron chi connectivity index (χ1n) is 4.22. The molecule has 8 heteroatoms. The van der Waals surface area contributed by atoms with Crippen LogP contribution in [0.4, 0.5) is 10.1 Å². The fourth-order valence-electron chi connectivity index (χ4n) is 0.928. The van der Waals surface area contributed by atoms with Gasteiger partial charge in [0.1, 0.15) is 17.5 Å². The van der Waals surface area contributed by atoms with Gasteiger partial charge in [0.25, 0.3) is 0 Å². The minimum atomic E-state index is -0.763. The van der Waals surface area contributed by atoms with Crippen molar-refractivity contribution in [1.82, 2.24) is 0 Å². The van der Waals surface area contributed by atoms with Gasteiger partial charge in [0.2, 0.25) is 5.71 Å². The molecule has 1 rings (SSSR count). The van der Waals surface area contributed by atoms with Crippen LogP contribution in [0, 0.1) is 22.6 Å². The summed E-state index contributed by atoms with van der Waals surface area (Å²) in [4.78, 5) is 0. The molecule has 0 bridgehead atoms. The van der Waals surface area contributed by atoms with Gasteiger partial charge in [-0.3, -0.25) is 10.8 Å². The van der Waals surface area contributed by atoms with Gasteiger partial charge in [-0.05, 0) is 12.1 Å². The Kier molecular flexibility index (Phi) is 4.01. The maximum Gasteiger partial charge on any atom is 0.201 e. The highest BCUT2D eigenvalue weighted by Gasteiger charge is 2.10. The highest BCUT2D eigenvalue weighted by Crippen LogP contribution is 2.30. The fourth-order valence-corrected chi connectivity index (χ4v) is 1.35. The van der Waals surface area contributed by atoms with Gasteiger partial charge in [-0.15, -0.1) is 0 Å². The molecule has 1 aromatic carbocycles. The lowest BCUT2D eigenvalue weighted by atomic mass is 10.3. The number of phenols is 1. The first-order chi connectivity index (χ1) is 7.95. The topological polar surface area (TPSA) is 118 Å². The molecule has 0 spiro atoms. The molecule has 0 saturated heterocycles. The number of benzene rings is 1. The second-order valence-electron chi connectivity index (χ2n) is 2.88. The van der Waals surface area contributed by atoms with E-state index < -0.39 is 17.4 Å². The van der Waals surface area contributed by atoms with Gasteiger partial charge in [0, 0.05) is 4.47 Å². The minimum absolute atomic E-state index is 0.304. The molecule has 0 saturated carbocycles. The van der Waals surface area contributed by atoms with Crippen molar-refractivity contribution in [3.8, 4) is 11.8 Å². The third kappa shape index (κ3) is 3.15. The molecule has 0 fully saturated rings. The lowest BCUT2D eigenvalue weighted by molar-refractivity contribution is 0.471. The van der Waals surface area contributed by atoms with E-state index in [4.69, 9.17) is 16.4 Å². The first kappa shape index (κ1) is 12.9. The molecule has 6 nitrogen and oxygen atoms in total. The number of nitrogens with two attached hydrogens (primary N) is 1. The number of amidine groups is 1. The Morgan fingerprint density at radius 2 is 2.29 bits per heavy atom. The molecule has 0 unspecified atom stereocenters. The van der Waals surface area contributed by atoms with Gasteiger partial charge in [0.15, 0.2) is 11.7 Å². The highest BCUT2D eigenvalue weighted by atomic mass is 79.9. The number of hydrazone groups is 1. The summed E-state index contributed by atoms with van der Waals surface area (Å²) in [6.07, 6.45) is 0. The molecule has 0 amide bonds. The molecule has 0 heterocycles. The number of nitrogens with one attached hydrogen (secondary N) is 2. The van der Waals surface area contributed by atoms with Gasteiger partial charge < -0.3 is 10.8 Å². The highest BCUT2D eigenvalue weighted by molar-refractivity contribution is 9.10. The zero-order valence-electron chi connectivity index (χ0n) is 8.33. The van der Waals surface area contributed by atoms with Gasteiger partial charge in [-0.2, -0.15) is 10.4 Å². The molecular formula is C9H7BrFN5O. The van der Waals surface area contributed by atoms with Gasteiger partial charge in [-0.1, -0.05) is 15.9 Å². The molecule has 17 heavy (non-hydrogen) atoms. The summed E-state index contributed by atoms with van der Waals surface area (Å²) in [5.74, 6) is -1.71. The van der Waals surface area contributed by atoms with Crippen molar-refractivity contribution in [2.24, 2.45) is 10.8 Å². The molecule has 0 aliphatic rings. The smallest absolute Gasteiger partial charge is 0.201 e. The predicted octanol–water partition coefficient (Wildman–Crippen LogP) is 1.52. The average molecular weight is 300 g/mol. The van der Waals surface area contributed by atoms with Crippen LogP contribution in [-0.2, 0) is 0 Å². The third-order valence-corrected chi connectivity index (χ3v) is 2.13. The molecule has 0 atom stereocenters. The Morgan fingerprint density at radius 3 is 2.76 bits per heavy atom. The van der Waals surface area contributed by atoms with Crippen LogP contribution in [0.15, 0.2) is 21.7 Å². The molecule has 88 valence electrons. The monoisotopic (exact) mass is 299 g/mol. The number of aromatic hydroxyl groups is 1. The van der Waals surface area contributed by atoms with Crippen LogP contribution in [0.3, 0.4) is 0 Å². The van der Waals surface area contributed by atoms with Crippen LogP contribution < -0.4 is 11.2 Å². The van der Waals surface area contributed by atoms with Crippen molar-refractivity contribution >= 4 is 33.2 Å². The van der Waals surface area contributed by atoms with Gasteiger partial charge >= 0.3 is 0 Å². The van der Waals surface area contributed by atoms with Gasteiger partial charge in [0.05, 0.1) is 0 Å². The average Bonchev–Trinajstić information content (AvgIpc) is 2.21. The summed E-state index contributed by atoms with van der Waals surface area (Å²) in [6.45, 7) is 0. The summed E-state index contributed by atoms with van der Waals surface area (Å²) in [7, 11) is 0. The van der Waals surface area contributed by atoms with Crippen molar-refractivity contribution < 1.29 is 9.50 Å². The molecule has 0 aliphatic heterocycles. The summed E-state index contributed by atoms with van der Waals surface area (Å²) < 4.78 is 13.7. The predicted molar refractivity (Wildman–Crippen MR) is 64.3 cm³/mol. The number of phenolic OH excluding ortho intramolecular Hbond substituents is 1. The molecular weight excluding hydrogens is 293 g/mol. The van der Waals surface area contributed by atoms with Crippen LogP contribution in [-0.4, -0.2) is 16.7 Å². The summed E-state index contributed by atoms with van der Waals surface area (Å²) in [5.41, 5.74) is 6.46. The molecule has 0 radical (unpaired) electrons. The van der Waals surface area contributed by atoms with Crippen LogP contribution in [0.25, 0.3) is 0 Å². The van der Waals surface area contributed by atoms with Crippen LogP contribution in [0.1, 0.15) is 0 Å². The molecule has 0 aromatic heterocycles. The SMILES string of the molecule is N#C/C(=N\Nc1c(O)cc(Br)cc1F)C(=N)N. The first-order valence-corrected chi connectivity index (χ1v) is 5.01. The van der Waals surface area contributed by atoms with E-state index in [-0.39, 0.29) is 11.4 Å². The zero-order valence-corrected chi connectivity index (χ0v) is 9.92. The van der Waals surface area contributed by atoms with Crippen LogP contribution in [0.2, 0.25) is 0 Å². The van der Waals surface area contributed by atoms with E-state index in [0.29, 0.717) is 4.47 Å². The molecule has 1 aromatic rings. The van der Waals surface area contributed by atoms with Crippen LogP contribution >= 0.6 is 15.9 Å². The number of halogens is 2. The van der Waals surface area contributed by atoms with Gasteiger partial charge in [-0.25, -0.2) is 4.39 Å². The van der Waals surface area contributed by atoms with Crippen molar-refractivity contribution in [1.29, 1.82) is 10.7 Å². The van der Waals surface area contributed by atoms with Crippen LogP contribution in [0.5, 0.6) is 5.75 Å². The maximum atomic E-state index is 13.4. The normalized spacial score (nSPS) is 10.8. The Morgan fingerprint density at radius 1 is 1.65 bits per heavy atom. The number of hydrogen-bond donors (Lipinski definition) is 4. The standard InChI is InChI=1S/C9H7BrFN5O/c10-4-1-5(11)8(7(17)2-4)16-15-6(3-12)9(13)14/h1-2,16-17H,(H3,13,14)/b15-6+. The minimum Gasteiger partial charge on any atom is -0.506 e. The molecule has 5 N–H and O–H groups in total.